The Morgan fingerprint density at radius 3 is 2.81 bits per heavy atom. The first-order valence-electron chi connectivity index (χ1n) is 6.33. The standard InChI is InChI=1S/C15H16ClNO4/c1-19-12-6-5-10(16)8-11(12)15(18)17-9-14(20-2)13-4-3-7-21-13/h3-8,14H,9H2,1-2H3,(H,17,18)/t14-/m0/s1. The molecule has 0 saturated heterocycles. The van der Waals surface area contributed by atoms with Gasteiger partial charge in [0.15, 0.2) is 0 Å². The fraction of sp³-hybridized carbons (Fsp3) is 0.267. The van der Waals surface area contributed by atoms with Crippen molar-refractivity contribution in [3.05, 3.63) is 52.9 Å². The van der Waals surface area contributed by atoms with Crippen LogP contribution in [-0.2, 0) is 4.74 Å². The highest BCUT2D eigenvalue weighted by Gasteiger charge is 2.17. The van der Waals surface area contributed by atoms with Crippen LogP contribution in [0, 0.1) is 0 Å². The molecule has 2 rings (SSSR count). The van der Waals surface area contributed by atoms with E-state index in [0.29, 0.717) is 22.1 Å². The number of carbonyl (C=O) groups is 1. The summed E-state index contributed by atoms with van der Waals surface area (Å²) < 4.78 is 15.7. The number of benzene rings is 1. The predicted octanol–water partition coefficient (Wildman–Crippen LogP) is 3.06. The second-order valence-corrected chi connectivity index (χ2v) is 4.73. The van der Waals surface area contributed by atoms with Gasteiger partial charge in [0.1, 0.15) is 17.6 Å². The molecule has 0 radical (unpaired) electrons. The topological polar surface area (TPSA) is 60.7 Å². The Balaban J connectivity index is 2.06. The third kappa shape index (κ3) is 3.77. The van der Waals surface area contributed by atoms with Crippen LogP contribution in [0.2, 0.25) is 5.02 Å². The van der Waals surface area contributed by atoms with Crippen LogP contribution in [-0.4, -0.2) is 26.7 Å². The van der Waals surface area contributed by atoms with E-state index in [1.807, 2.05) is 0 Å². The molecule has 0 aliphatic heterocycles. The molecule has 0 aliphatic rings. The lowest BCUT2D eigenvalue weighted by Crippen LogP contribution is -2.29. The third-order valence-corrected chi connectivity index (χ3v) is 3.23. The zero-order valence-corrected chi connectivity index (χ0v) is 12.5. The summed E-state index contributed by atoms with van der Waals surface area (Å²) >= 11 is 5.91. The molecule has 112 valence electrons. The molecular weight excluding hydrogens is 294 g/mol. The van der Waals surface area contributed by atoms with E-state index in [1.165, 1.54) is 7.11 Å². The summed E-state index contributed by atoms with van der Waals surface area (Å²) in [6.45, 7) is 0.276. The second kappa shape index (κ2) is 7.15. The number of rotatable bonds is 6. The maximum atomic E-state index is 12.2. The van der Waals surface area contributed by atoms with Gasteiger partial charge >= 0.3 is 0 Å². The number of hydrogen-bond acceptors (Lipinski definition) is 4. The Kier molecular flexibility index (Phi) is 5.25. The molecule has 21 heavy (non-hydrogen) atoms. The molecule has 0 spiro atoms. The van der Waals surface area contributed by atoms with Crippen LogP contribution in [0.4, 0.5) is 0 Å². The molecule has 0 fully saturated rings. The van der Waals surface area contributed by atoms with Crippen molar-refractivity contribution in [2.75, 3.05) is 20.8 Å². The van der Waals surface area contributed by atoms with Gasteiger partial charge in [-0.05, 0) is 30.3 Å². The Morgan fingerprint density at radius 1 is 1.38 bits per heavy atom. The van der Waals surface area contributed by atoms with Crippen molar-refractivity contribution < 1.29 is 18.7 Å². The number of ether oxygens (including phenoxy) is 2. The van der Waals surface area contributed by atoms with Gasteiger partial charge in [0.05, 0.1) is 25.5 Å². The highest BCUT2D eigenvalue weighted by Crippen LogP contribution is 2.23. The molecule has 5 nitrogen and oxygen atoms in total. The summed E-state index contributed by atoms with van der Waals surface area (Å²) in [7, 11) is 3.06. The van der Waals surface area contributed by atoms with Crippen LogP contribution >= 0.6 is 11.6 Å². The van der Waals surface area contributed by atoms with Crippen molar-refractivity contribution in [3.8, 4) is 5.75 Å². The van der Waals surface area contributed by atoms with Crippen molar-refractivity contribution >= 4 is 17.5 Å². The van der Waals surface area contributed by atoms with Crippen LogP contribution in [0.25, 0.3) is 0 Å². The first kappa shape index (κ1) is 15.4. The molecule has 1 atom stereocenters. The van der Waals surface area contributed by atoms with Crippen molar-refractivity contribution in [2.24, 2.45) is 0 Å². The summed E-state index contributed by atoms with van der Waals surface area (Å²) in [5.74, 6) is 0.822. The molecule has 1 amide bonds. The lowest BCUT2D eigenvalue weighted by atomic mass is 10.2. The van der Waals surface area contributed by atoms with Gasteiger partial charge in [-0.15, -0.1) is 0 Å². The van der Waals surface area contributed by atoms with E-state index in [0.717, 1.165) is 0 Å². The van der Waals surface area contributed by atoms with Crippen LogP contribution < -0.4 is 10.1 Å². The molecular formula is C15H16ClNO4. The lowest BCUT2D eigenvalue weighted by molar-refractivity contribution is 0.0737. The molecule has 0 bridgehead atoms. The average molecular weight is 310 g/mol. The minimum atomic E-state index is -0.353. The third-order valence-electron chi connectivity index (χ3n) is 3.00. The van der Waals surface area contributed by atoms with Gasteiger partial charge in [0.25, 0.3) is 5.91 Å². The molecule has 1 aromatic carbocycles. The number of amides is 1. The van der Waals surface area contributed by atoms with Gasteiger partial charge in [0.2, 0.25) is 0 Å². The maximum absolute atomic E-state index is 12.2. The first-order valence-corrected chi connectivity index (χ1v) is 6.71. The van der Waals surface area contributed by atoms with Gasteiger partial charge in [0, 0.05) is 12.1 Å². The van der Waals surface area contributed by atoms with Gasteiger partial charge in [-0.1, -0.05) is 11.6 Å². The number of carbonyl (C=O) groups excluding carboxylic acids is 1. The first-order chi connectivity index (χ1) is 10.2. The number of furan rings is 1. The van der Waals surface area contributed by atoms with Crippen LogP contribution in [0.3, 0.4) is 0 Å². The zero-order chi connectivity index (χ0) is 15.2. The number of halogens is 1. The fourth-order valence-electron chi connectivity index (χ4n) is 1.91. The van der Waals surface area contributed by atoms with Crippen molar-refractivity contribution in [2.45, 2.75) is 6.10 Å². The van der Waals surface area contributed by atoms with Gasteiger partial charge < -0.3 is 19.2 Å². The molecule has 1 aromatic heterocycles. The van der Waals surface area contributed by atoms with E-state index in [9.17, 15) is 4.79 Å². The van der Waals surface area contributed by atoms with Crippen LogP contribution in [0.15, 0.2) is 41.0 Å². The second-order valence-electron chi connectivity index (χ2n) is 4.29. The Labute approximate surface area is 127 Å². The van der Waals surface area contributed by atoms with E-state index >= 15 is 0 Å². The highest BCUT2D eigenvalue weighted by molar-refractivity contribution is 6.31. The molecule has 6 heteroatoms. The van der Waals surface area contributed by atoms with Crippen molar-refractivity contribution in [1.82, 2.24) is 5.32 Å². The number of hydrogen-bond donors (Lipinski definition) is 1. The average Bonchev–Trinajstić information content (AvgIpc) is 3.02. The predicted molar refractivity (Wildman–Crippen MR) is 78.8 cm³/mol. The summed E-state index contributed by atoms with van der Waals surface area (Å²) in [5.41, 5.74) is 0.374. The van der Waals surface area contributed by atoms with E-state index in [1.54, 1.807) is 43.7 Å². The fourth-order valence-corrected chi connectivity index (χ4v) is 2.08. The van der Waals surface area contributed by atoms with E-state index in [4.69, 9.17) is 25.5 Å². The normalized spacial score (nSPS) is 12.0. The molecule has 0 saturated carbocycles. The highest BCUT2D eigenvalue weighted by atomic mass is 35.5. The summed E-state index contributed by atoms with van der Waals surface area (Å²) in [6.07, 6.45) is 1.21. The Bertz CT molecular complexity index is 598. The van der Waals surface area contributed by atoms with Crippen molar-refractivity contribution in [3.63, 3.8) is 0 Å². The monoisotopic (exact) mass is 309 g/mol. The summed E-state index contributed by atoms with van der Waals surface area (Å²) in [4.78, 5) is 12.2. The quantitative estimate of drug-likeness (QED) is 0.891. The molecule has 1 N–H and O–H groups in total. The number of nitrogens with one attached hydrogen (secondary N) is 1. The number of methoxy groups -OCH3 is 2. The van der Waals surface area contributed by atoms with Gasteiger partial charge in [-0.2, -0.15) is 0 Å². The van der Waals surface area contributed by atoms with Gasteiger partial charge in [-0.3, -0.25) is 4.79 Å². The largest absolute Gasteiger partial charge is 0.496 e. The van der Waals surface area contributed by atoms with E-state index < -0.39 is 0 Å². The minimum Gasteiger partial charge on any atom is -0.496 e. The molecule has 0 aliphatic carbocycles. The van der Waals surface area contributed by atoms with Crippen molar-refractivity contribution in [1.29, 1.82) is 0 Å². The van der Waals surface area contributed by atoms with Crippen LogP contribution in [0.1, 0.15) is 22.2 Å². The minimum absolute atomic E-state index is 0.276. The molecule has 2 aromatic rings. The van der Waals surface area contributed by atoms with Gasteiger partial charge in [-0.25, -0.2) is 0 Å². The van der Waals surface area contributed by atoms with E-state index in [2.05, 4.69) is 5.32 Å². The summed E-state index contributed by atoms with van der Waals surface area (Å²) in [6, 6.07) is 8.43. The van der Waals surface area contributed by atoms with Crippen LogP contribution in [0.5, 0.6) is 5.75 Å². The maximum Gasteiger partial charge on any atom is 0.255 e. The zero-order valence-electron chi connectivity index (χ0n) is 11.8. The summed E-state index contributed by atoms with van der Waals surface area (Å²) in [5, 5.41) is 3.25. The smallest absolute Gasteiger partial charge is 0.255 e. The Hall–Kier alpha value is -1.98. The lowest BCUT2D eigenvalue weighted by Gasteiger charge is -2.15. The molecule has 0 unspecified atom stereocenters. The SMILES string of the molecule is COc1ccc(Cl)cc1C(=O)NC[C@H](OC)c1ccco1. The Morgan fingerprint density at radius 2 is 2.19 bits per heavy atom. The molecule has 1 heterocycles. The van der Waals surface area contributed by atoms with E-state index in [-0.39, 0.29) is 18.6 Å².